The predicted octanol–water partition coefficient (Wildman–Crippen LogP) is 1.32. The van der Waals surface area contributed by atoms with Crippen LogP contribution in [0.15, 0.2) is 41.8 Å². The number of amides is 3. The van der Waals surface area contributed by atoms with Crippen LogP contribution in [0.25, 0.3) is 0 Å². The molecule has 2 aromatic rings. The Morgan fingerprint density at radius 3 is 2.66 bits per heavy atom. The highest BCUT2D eigenvalue weighted by Gasteiger charge is 2.67. The van der Waals surface area contributed by atoms with Crippen molar-refractivity contribution in [2.45, 2.75) is 44.3 Å². The Morgan fingerprint density at radius 1 is 1.15 bits per heavy atom. The summed E-state index contributed by atoms with van der Waals surface area (Å²) in [6.07, 6.45) is 2.23. The topological polar surface area (TPSA) is 150 Å². The molecule has 2 saturated heterocycles. The van der Waals surface area contributed by atoms with Crippen molar-refractivity contribution < 1.29 is 23.9 Å². The minimum Gasteiger partial charge on any atom is -0.494 e. The van der Waals surface area contributed by atoms with Crippen molar-refractivity contribution in [2.75, 3.05) is 46.0 Å². The molecule has 1 aromatic heterocycles. The SMILES string of the molecule is N=C(N)c1csc(CNC(=O)[C@@H]2C[C@]3(CN4CCOCC4)C[C@@H]3N2C(=O)CNC(=O)CCCOc2ccccc2)c1. The maximum Gasteiger partial charge on any atom is 0.243 e. The van der Waals surface area contributed by atoms with Crippen LogP contribution in [-0.4, -0.2) is 91.4 Å². The van der Waals surface area contributed by atoms with Crippen molar-refractivity contribution in [3.05, 3.63) is 52.2 Å². The van der Waals surface area contributed by atoms with Gasteiger partial charge in [0.25, 0.3) is 0 Å². The van der Waals surface area contributed by atoms with Gasteiger partial charge in [0.15, 0.2) is 0 Å². The normalized spacial score (nSPS) is 23.5. The maximum atomic E-state index is 13.4. The van der Waals surface area contributed by atoms with Gasteiger partial charge in [0, 0.05) is 53.3 Å². The van der Waals surface area contributed by atoms with Crippen molar-refractivity contribution in [2.24, 2.45) is 11.1 Å². The molecule has 1 aromatic carbocycles. The maximum absolute atomic E-state index is 13.4. The third-order valence-electron chi connectivity index (χ3n) is 8.05. The smallest absolute Gasteiger partial charge is 0.243 e. The number of nitrogens with one attached hydrogen (secondary N) is 3. The molecule has 3 amide bonds. The second-order valence-electron chi connectivity index (χ2n) is 11.0. The molecule has 0 unspecified atom stereocenters. The first-order valence-corrected chi connectivity index (χ1v) is 15.0. The van der Waals surface area contributed by atoms with Gasteiger partial charge in [-0.15, -0.1) is 11.3 Å². The molecule has 0 bridgehead atoms. The van der Waals surface area contributed by atoms with Crippen LogP contribution in [-0.2, 0) is 25.7 Å². The van der Waals surface area contributed by atoms with E-state index in [-0.39, 0.29) is 48.0 Å². The standard InChI is InChI=1S/C29H38N6O5S/c30-27(31)20-13-22(41-18-20)16-33-28(38)23-14-29(19-34-8-11-39-12-9-34)15-24(29)35(23)26(37)17-32-25(36)7-4-10-40-21-5-2-1-3-6-21/h1-3,5-6,13,18,23-24H,4,7-12,14-17,19H2,(H3,30,31)(H,32,36)(H,33,38)/t23-,24-,29+/m0/s1. The fourth-order valence-corrected chi connectivity index (χ4v) is 6.67. The van der Waals surface area contributed by atoms with Gasteiger partial charge in [0.2, 0.25) is 17.7 Å². The first-order valence-electron chi connectivity index (χ1n) is 14.1. The first-order chi connectivity index (χ1) is 19.8. The van der Waals surface area contributed by atoms with E-state index < -0.39 is 6.04 Å². The van der Waals surface area contributed by atoms with Gasteiger partial charge in [-0.05, 0) is 37.5 Å². The number of nitrogens with zero attached hydrogens (tertiary/aromatic N) is 2. The average Bonchev–Trinajstić information content (AvgIpc) is 3.30. The van der Waals surface area contributed by atoms with Crippen molar-refractivity contribution in [3.8, 4) is 5.75 Å². The lowest BCUT2D eigenvalue weighted by Gasteiger charge is -2.30. The van der Waals surface area contributed by atoms with Crippen molar-refractivity contribution >= 4 is 34.9 Å². The molecule has 2 aliphatic heterocycles. The van der Waals surface area contributed by atoms with Crippen LogP contribution in [0.3, 0.4) is 0 Å². The Hall–Kier alpha value is -3.48. The summed E-state index contributed by atoms with van der Waals surface area (Å²) in [6, 6.07) is 10.6. The molecule has 41 heavy (non-hydrogen) atoms. The molecule has 12 heteroatoms. The van der Waals surface area contributed by atoms with Crippen LogP contribution in [0, 0.1) is 10.8 Å². The number of likely N-dealkylation sites (tertiary alicyclic amines) is 1. The number of nitrogens with two attached hydrogens (primary N) is 1. The highest BCUT2D eigenvalue weighted by atomic mass is 32.1. The molecule has 5 N–H and O–H groups in total. The number of ether oxygens (including phenoxy) is 2. The van der Waals surface area contributed by atoms with Gasteiger partial charge in [-0.2, -0.15) is 0 Å². The van der Waals surface area contributed by atoms with Crippen LogP contribution < -0.4 is 21.1 Å². The summed E-state index contributed by atoms with van der Waals surface area (Å²) < 4.78 is 11.1. The number of benzene rings is 1. The number of piperidine rings is 1. The number of morpholine rings is 1. The van der Waals surface area contributed by atoms with E-state index in [0.717, 1.165) is 36.7 Å². The first kappa shape index (κ1) is 29.0. The van der Waals surface area contributed by atoms with Crippen LogP contribution >= 0.6 is 11.3 Å². The zero-order chi connectivity index (χ0) is 28.8. The zero-order valence-electron chi connectivity index (χ0n) is 23.1. The van der Waals surface area contributed by atoms with Crippen molar-refractivity contribution in [1.82, 2.24) is 20.4 Å². The molecular weight excluding hydrogens is 544 g/mol. The second-order valence-corrected chi connectivity index (χ2v) is 12.0. The predicted molar refractivity (Wildman–Crippen MR) is 155 cm³/mol. The number of para-hydroxylation sites is 1. The number of rotatable bonds is 13. The van der Waals surface area contributed by atoms with E-state index in [1.54, 1.807) is 16.3 Å². The van der Waals surface area contributed by atoms with Gasteiger partial charge in [-0.1, -0.05) is 18.2 Å². The van der Waals surface area contributed by atoms with E-state index in [0.29, 0.717) is 44.8 Å². The van der Waals surface area contributed by atoms with Crippen molar-refractivity contribution in [3.63, 3.8) is 0 Å². The average molecular weight is 583 g/mol. The molecule has 1 saturated carbocycles. The molecule has 1 aliphatic carbocycles. The molecule has 220 valence electrons. The lowest BCUT2D eigenvalue weighted by Crippen LogP contribution is -2.50. The lowest BCUT2D eigenvalue weighted by molar-refractivity contribution is -0.140. The molecule has 3 aliphatic rings. The van der Waals surface area contributed by atoms with Gasteiger partial charge in [0.1, 0.15) is 17.6 Å². The summed E-state index contributed by atoms with van der Waals surface area (Å²) >= 11 is 1.43. The molecule has 5 rings (SSSR count). The molecule has 0 radical (unpaired) electrons. The molecule has 3 heterocycles. The molecule has 3 fully saturated rings. The summed E-state index contributed by atoms with van der Waals surface area (Å²) in [5.41, 5.74) is 6.08. The van der Waals surface area contributed by atoms with E-state index in [1.165, 1.54) is 11.3 Å². The summed E-state index contributed by atoms with van der Waals surface area (Å²) in [4.78, 5) is 44.3. The van der Waals surface area contributed by atoms with E-state index in [4.69, 9.17) is 20.6 Å². The third-order valence-corrected chi connectivity index (χ3v) is 8.99. The highest BCUT2D eigenvalue weighted by molar-refractivity contribution is 7.10. The molecule has 3 atom stereocenters. The van der Waals surface area contributed by atoms with Gasteiger partial charge >= 0.3 is 0 Å². The van der Waals surface area contributed by atoms with Crippen LogP contribution in [0.2, 0.25) is 0 Å². The summed E-state index contributed by atoms with van der Waals surface area (Å²) in [5, 5.41) is 15.1. The molecule has 11 nitrogen and oxygen atoms in total. The number of hydrogen-bond donors (Lipinski definition) is 4. The fraction of sp³-hybridized carbons (Fsp3) is 0.517. The van der Waals surface area contributed by atoms with E-state index in [2.05, 4.69) is 15.5 Å². The number of hydrogen-bond acceptors (Lipinski definition) is 8. The Kier molecular flexibility index (Phi) is 9.21. The number of amidine groups is 1. The fourth-order valence-electron chi connectivity index (χ4n) is 5.85. The molecule has 0 spiro atoms. The monoisotopic (exact) mass is 582 g/mol. The minimum atomic E-state index is -0.592. The largest absolute Gasteiger partial charge is 0.494 e. The minimum absolute atomic E-state index is 0.0118. The number of thiophene rings is 1. The third kappa shape index (κ3) is 7.24. The van der Waals surface area contributed by atoms with E-state index >= 15 is 0 Å². The van der Waals surface area contributed by atoms with Gasteiger partial charge in [-0.25, -0.2) is 0 Å². The Bertz CT molecular complexity index is 1250. The van der Waals surface area contributed by atoms with Gasteiger partial charge < -0.3 is 30.7 Å². The Morgan fingerprint density at radius 2 is 1.93 bits per heavy atom. The summed E-state index contributed by atoms with van der Waals surface area (Å²) in [5.74, 6) is 0.0890. The zero-order valence-corrected chi connectivity index (χ0v) is 23.9. The van der Waals surface area contributed by atoms with Gasteiger partial charge in [-0.3, -0.25) is 24.7 Å². The van der Waals surface area contributed by atoms with Crippen LogP contribution in [0.4, 0.5) is 0 Å². The van der Waals surface area contributed by atoms with Crippen LogP contribution in [0.5, 0.6) is 5.75 Å². The Labute approximate surface area is 243 Å². The second kappa shape index (κ2) is 13.0. The summed E-state index contributed by atoms with van der Waals surface area (Å²) in [6.45, 7) is 4.48. The summed E-state index contributed by atoms with van der Waals surface area (Å²) in [7, 11) is 0. The number of fused-ring (bicyclic) bond motifs is 1. The quantitative estimate of drug-likeness (QED) is 0.158. The lowest BCUT2D eigenvalue weighted by atomic mass is 9.98. The van der Waals surface area contributed by atoms with Crippen LogP contribution in [0.1, 0.15) is 36.1 Å². The van der Waals surface area contributed by atoms with Gasteiger partial charge in [0.05, 0.1) is 32.9 Å². The van der Waals surface area contributed by atoms with E-state index in [1.807, 2.05) is 30.3 Å². The number of nitrogen functional groups attached to an aromatic ring is 1. The molecular formula is C29H38N6O5S. The van der Waals surface area contributed by atoms with E-state index in [9.17, 15) is 14.4 Å². The Balaban J connectivity index is 1.15. The number of carbonyl (C=O) groups is 3. The highest BCUT2D eigenvalue weighted by Crippen LogP contribution is 2.60. The number of carbonyl (C=O) groups excluding carboxylic acids is 3. The van der Waals surface area contributed by atoms with Crippen molar-refractivity contribution in [1.29, 1.82) is 5.41 Å².